The molecule has 0 unspecified atom stereocenters. The molecule has 0 radical (unpaired) electrons. The second-order valence-corrected chi connectivity index (χ2v) is 4.87. The third-order valence-electron chi connectivity index (χ3n) is 3.57. The number of halogens is 2. The zero-order chi connectivity index (χ0) is 13.7. The Morgan fingerprint density at radius 3 is 2.60 bits per heavy atom. The summed E-state index contributed by atoms with van der Waals surface area (Å²) in [6.45, 7) is 3.65. The molecule has 1 heterocycles. The highest BCUT2D eigenvalue weighted by atomic mass is 35.5. The van der Waals surface area contributed by atoms with Crippen molar-refractivity contribution in [3.05, 3.63) is 29.6 Å². The average molecular weight is 305 g/mol. The lowest BCUT2D eigenvalue weighted by atomic mass is 9.99. The highest BCUT2D eigenvalue weighted by molar-refractivity contribution is 5.85. The maximum Gasteiger partial charge on any atom is 0.131 e. The van der Waals surface area contributed by atoms with Crippen LogP contribution >= 0.6 is 12.4 Å². The molecule has 0 aliphatic carbocycles. The van der Waals surface area contributed by atoms with E-state index >= 15 is 0 Å². The van der Waals surface area contributed by atoms with E-state index in [1.165, 1.54) is 6.07 Å². The fourth-order valence-electron chi connectivity index (χ4n) is 2.60. The first-order valence-corrected chi connectivity index (χ1v) is 6.76. The van der Waals surface area contributed by atoms with E-state index in [0.717, 1.165) is 38.7 Å². The molecule has 0 spiro atoms. The number of nitrogens with one attached hydrogen (secondary N) is 1. The number of aliphatic hydroxyl groups excluding tert-OH is 1. The molecule has 0 bridgehead atoms. The summed E-state index contributed by atoms with van der Waals surface area (Å²) in [7, 11) is 0. The van der Waals surface area contributed by atoms with Crippen LogP contribution in [0.15, 0.2) is 18.2 Å². The molecule has 1 aliphatic rings. The molecule has 114 valence electrons. The van der Waals surface area contributed by atoms with Crippen LogP contribution in [0, 0.1) is 5.82 Å². The molecule has 1 saturated heterocycles. The summed E-state index contributed by atoms with van der Waals surface area (Å²) in [5.41, 5.74) is 0.605. The first kappa shape index (κ1) is 17.2. The van der Waals surface area contributed by atoms with Crippen molar-refractivity contribution in [2.24, 2.45) is 0 Å². The SMILES string of the molecule is Cl.OCCC[C@@H](c1ccc(O)cc1F)N1CCNCC1. The number of piperazine rings is 1. The van der Waals surface area contributed by atoms with Gasteiger partial charge in [0, 0.05) is 50.5 Å². The Kier molecular flexibility index (Phi) is 7.23. The number of hydrogen-bond donors (Lipinski definition) is 3. The molecule has 1 aromatic rings. The van der Waals surface area contributed by atoms with E-state index in [2.05, 4.69) is 10.2 Å². The van der Waals surface area contributed by atoms with E-state index in [0.29, 0.717) is 12.0 Å². The minimum Gasteiger partial charge on any atom is -0.508 e. The van der Waals surface area contributed by atoms with Crippen molar-refractivity contribution in [3.63, 3.8) is 0 Å². The fraction of sp³-hybridized carbons (Fsp3) is 0.571. The van der Waals surface area contributed by atoms with Gasteiger partial charge in [0.05, 0.1) is 0 Å². The summed E-state index contributed by atoms with van der Waals surface area (Å²) in [6, 6.07) is 4.29. The zero-order valence-corrected chi connectivity index (χ0v) is 12.2. The normalized spacial score (nSPS) is 17.5. The van der Waals surface area contributed by atoms with Crippen LogP contribution in [-0.4, -0.2) is 47.9 Å². The standard InChI is InChI=1S/C14H21FN2O2.ClH/c15-13-10-11(19)3-4-12(13)14(2-1-9-18)17-7-5-16-6-8-17;/h3-4,10,14,16,18-19H,1-2,5-9H2;1H/t14-;/m0./s1. The maximum atomic E-state index is 14.0. The Labute approximate surface area is 125 Å². The van der Waals surface area contributed by atoms with Crippen LogP contribution in [-0.2, 0) is 0 Å². The van der Waals surface area contributed by atoms with Crippen LogP contribution in [0.3, 0.4) is 0 Å². The predicted octanol–water partition coefficient (Wildman–Crippen LogP) is 1.67. The molecule has 2 rings (SSSR count). The predicted molar refractivity (Wildman–Crippen MR) is 78.8 cm³/mol. The van der Waals surface area contributed by atoms with Crippen molar-refractivity contribution in [2.45, 2.75) is 18.9 Å². The molecule has 4 nitrogen and oxygen atoms in total. The Hall–Kier alpha value is -0.880. The number of rotatable bonds is 5. The summed E-state index contributed by atoms with van der Waals surface area (Å²) in [5, 5.41) is 21.6. The van der Waals surface area contributed by atoms with Gasteiger partial charge in [-0.2, -0.15) is 0 Å². The summed E-state index contributed by atoms with van der Waals surface area (Å²) < 4.78 is 14.0. The number of aliphatic hydroxyl groups is 1. The highest BCUT2D eigenvalue weighted by Gasteiger charge is 2.24. The summed E-state index contributed by atoms with van der Waals surface area (Å²) >= 11 is 0. The number of benzene rings is 1. The number of phenolic OH excluding ortho intramolecular Hbond substituents is 1. The molecular formula is C14H22ClFN2O2. The van der Waals surface area contributed by atoms with Gasteiger partial charge >= 0.3 is 0 Å². The van der Waals surface area contributed by atoms with E-state index in [9.17, 15) is 9.50 Å². The van der Waals surface area contributed by atoms with Gasteiger partial charge in [0.25, 0.3) is 0 Å². The number of hydrogen-bond acceptors (Lipinski definition) is 4. The molecule has 3 N–H and O–H groups in total. The van der Waals surface area contributed by atoms with Crippen molar-refractivity contribution in [1.29, 1.82) is 0 Å². The smallest absolute Gasteiger partial charge is 0.131 e. The average Bonchev–Trinajstić information content (AvgIpc) is 2.42. The van der Waals surface area contributed by atoms with Gasteiger partial charge in [0.2, 0.25) is 0 Å². The van der Waals surface area contributed by atoms with E-state index in [-0.39, 0.29) is 36.6 Å². The minimum absolute atomic E-state index is 0. The van der Waals surface area contributed by atoms with Gasteiger partial charge < -0.3 is 15.5 Å². The monoisotopic (exact) mass is 304 g/mol. The van der Waals surface area contributed by atoms with Gasteiger partial charge in [-0.05, 0) is 18.9 Å². The summed E-state index contributed by atoms with van der Waals surface area (Å²) in [5.74, 6) is -0.427. The molecule has 0 saturated carbocycles. The van der Waals surface area contributed by atoms with Crippen LogP contribution in [0.2, 0.25) is 0 Å². The van der Waals surface area contributed by atoms with Crippen LogP contribution in [0.4, 0.5) is 4.39 Å². The van der Waals surface area contributed by atoms with Gasteiger partial charge in [0.1, 0.15) is 11.6 Å². The number of phenols is 1. The lowest BCUT2D eigenvalue weighted by molar-refractivity contribution is 0.151. The van der Waals surface area contributed by atoms with E-state index in [1.54, 1.807) is 6.07 Å². The lowest BCUT2D eigenvalue weighted by Gasteiger charge is -2.35. The Morgan fingerprint density at radius 2 is 2.00 bits per heavy atom. The summed E-state index contributed by atoms with van der Waals surface area (Å²) in [4.78, 5) is 2.24. The van der Waals surface area contributed by atoms with Crippen LogP contribution in [0.25, 0.3) is 0 Å². The van der Waals surface area contributed by atoms with Crippen molar-refractivity contribution in [3.8, 4) is 5.75 Å². The maximum absolute atomic E-state index is 14.0. The third kappa shape index (κ3) is 4.31. The van der Waals surface area contributed by atoms with Gasteiger partial charge in [0.15, 0.2) is 0 Å². The van der Waals surface area contributed by atoms with Crippen molar-refractivity contribution in [1.82, 2.24) is 10.2 Å². The largest absolute Gasteiger partial charge is 0.508 e. The van der Waals surface area contributed by atoms with Gasteiger partial charge in [-0.25, -0.2) is 4.39 Å². The van der Waals surface area contributed by atoms with Crippen molar-refractivity contribution >= 4 is 12.4 Å². The Bertz CT molecular complexity index is 414. The molecule has 1 fully saturated rings. The van der Waals surface area contributed by atoms with Gasteiger partial charge in [-0.3, -0.25) is 4.90 Å². The van der Waals surface area contributed by atoms with Gasteiger partial charge in [-0.15, -0.1) is 12.4 Å². The molecule has 1 atom stereocenters. The second kappa shape index (κ2) is 8.42. The molecular weight excluding hydrogens is 283 g/mol. The minimum atomic E-state index is -0.374. The zero-order valence-electron chi connectivity index (χ0n) is 11.4. The molecule has 20 heavy (non-hydrogen) atoms. The van der Waals surface area contributed by atoms with E-state index in [4.69, 9.17) is 5.11 Å². The van der Waals surface area contributed by atoms with Gasteiger partial charge in [-0.1, -0.05) is 6.07 Å². The molecule has 1 aromatic carbocycles. The van der Waals surface area contributed by atoms with Crippen molar-refractivity contribution in [2.75, 3.05) is 32.8 Å². The quantitative estimate of drug-likeness (QED) is 0.774. The topological polar surface area (TPSA) is 55.7 Å². The molecule has 6 heteroatoms. The highest BCUT2D eigenvalue weighted by Crippen LogP contribution is 2.29. The summed E-state index contributed by atoms with van der Waals surface area (Å²) in [6.07, 6.45) is 1.37. The number of aromatic hydroxyl groups is 1. The Balaban J connectivity index is 0.00000200. The van der Waals surface area contributed by atoms with E-state index < -0.39 is 0 Å². The first-order chi connectivity index (χ1) is 9.22. The third-order valence-corrected chi connectivity index (χ3v) is 3.57. The fourth-order valence-corrected chi connectivity index (χ4v) is 2.60. The lowest BCUT2D eigenvalue weighted by Crippen LogP contribution is -2.45. The first-order valence-electron chi connectivity index (χ1n) is 6.76. The van der Waals surface area contributed by atoms with Crippen LogP contribution < -0.4 is 5.32 Å². The number of nitrogens with zero attached hydrogens (tertiary/aromatic N) is 1. The van der Waals surface area contributed by atoms with Crippen LogP contribution in [0.1, 0.15) is 24.4 Å². The van der Waals surface area contributed by atoms with Crippen LogP contribution in [0.5, 0.6) is 5.75 Å². The molecule has 1 aliphatic heterocycles. The van der Waals surface area contributed by atoms with Crippen molar-refractivity contribution < 1.29 is 14.6 Å². The second-order valence-electron chi connectivity index (χ2n) is 4.87. The van der Waals surface area contributed by atoms with E-state index in [1.807, 2.05) is 0 Å². The Morgan fingerprint density at radius 1 is 1.30 bits per heavy atom. The molecule has 0 amide bonds. The molecule has 0 aromatic heterocycles.